The summed E-state index contributed by atoms with van der Waals surface area (Å²) in [5.41, 5.74) is 6.06. The van der Waals surface area contributed by atoms with Crippen molar-refractivity contribution in [1.82, 2.24) is 19.6 Å². The molecule has 0 amide bonds. The molecule has 0 aliphatic heterocycles. The lowest BCUT2D eigenvalue weighted by Crippen LogP contribution is -1.96. The molecule has 5 aromatic rings. The fourth-order valence-corrected chi connectivity index (χ4v) is 3.31. The second kappa shape index (κ2) is 7.00. The van der Waals surface area contributed by atoms with E-state index < -0.39 is 0 Å². The molecule has 0 saturated carbocycles. The average molecular weight is 362 g/mol. The Morgan fingerprint density at radius 3 is 1.25 bits per heavy atom. The van der Waals surface area contributed by atoms with E-state index in [1.54, 1.807) is 0 Å². The highest BCUT2D eigenvalue weighted by Crippen LogP contribution is 2.30. The smallest absolute Gasteiger partial charge is 0.0934 e. The van der Waals surface area contributed by atoms with Gasteiger partial charge >= 0.3 is 0 Å². The highest BCUT2D eigenvalue weighted by atomic mass is 15.3. The maximum Gasteiger partial charge on any atom is 0.0934 e. The van der Waals surface area contributed by atoms with E-state index in [1.165, 1.54) is 0 Å². The first-order chi connectivity index (χ1) is 13.9. The van der Waals surface area contributed by atoms with Crippen LogP contribution in [0.15, 0.2) is 109 Å². The van der Waals surface area contributed by atoms with Gasteiger partial charge < -0.3 is 0 Å². The van der Waals surface area contributed by atoms with Gasteiger partial charge in [0.2, 0.25) is 0 Å². The van der Waals surface area contributed by atoms with Crippen LogP contribution in [-0.4, -0.2) is 19.6 Å². The van der Waals surface area contributed by atoms with E-state index in [1.807, 2.05) is 107 Å². The van der Waals surface area contributed by atoms with Gasteiger partial charge in [0.1, 0.15) is 0 Å². The van der Waals surface area contributed by atoms with E-state index >= 15 is 0 Å². The van der Waals surface area contributed by atoms with Crippen molar-refractivity contribution in [3.63, 3.8) is 0 Å². The van der Waals surface area contributed by atoms with Crippen molar-refractivity contribution >= 4 is 0 Å². The Morgan fingerprint density at radius 1 is 0.429 bits per heavy atom. The molecule has 134 valence electrons. The molecule has 0 radical (unpaired) electrons. The van der Waals surface area contributed by atoms with Crippen molar-refractivity contribution in [3.05, 3.63) is 109 Å². The van der Waals surface area contributed by atoms with Crippen LogP contribution in [0, 0.1) is 0 Å². The lowest BCUT2D eigenvalue weighted by Gasteiger charge is -2.06. The lowest BCUT2D eigenvalue weighted by atomic mass is 10.0. The zero-order valence-electron chi connectivity index (χ0n) is 15.2. The Bertz CT molecular complexity index is 1110. The summed E-state index contributed by atoms with van der Waals surface area (Å²) in [5, 5.41) is 9.57. The Morgan fingerprint density at radius 2 is 0.821 bits per heavy atom. The molecule has 2 aromatic heterocycles. The summed E-state index contributed by atoms with van der Waals surface area (Å²) >= 11 is 0. The molecule has 0 aliphatic rings. The average Bonchev–Trinajstić information content (AvgIpc) is 3.45. The Labute approximate surface area is 163 Å². The first kappa shape index (κ1) is 16.3. The van der Waals surface area contributed by atoms with Gasteiger partial charge in [-0.1, -0.05) is 60.7 Å². The lowest BCUT2D eigenvalue weighted by molar-refractivity contribution is 0.881. The minimum absolute atomic E-state index is 0.925. The summed E-state index contributed by atoms with van der Waals surface area (Å²) in [6.45, 7) is 0. The number of para-hydroxylation sites is 2. The summed E-state index contributed by atoms with van der Waals surface area (Å²) < 4.78 is 3.80. The summed E-state index contributed by atoms with van der Waals surface area (Å²) in [4.78, 5) is 0. The minimum atomic E-state index is 0.925. The first-order valence-electron chi connectivity index (χ1n) is 9.20. The molecule has 5 rings (SSSR count). The number of benzene rings is 3. The second-order valence-corrected chi connectivity index (χ2v) is 6.51. The van der Waals surface area contributed by atoms with Gasteiger partial charge in [-0.25, -0.2) is 9.36 Å². The second-order valence-electron chi connectivity index (χ2n) is 6.51. The molecular weight excluding hydrogens is 344 g/mol. The van der Waals surface area contributed by atoms with Crippen molar-refractivity contribution in [2.24, 2.45) is 0 Å². The summed E-state index contributed by atoms with van der Waals surface area (Å²) in [5.74, 6) is 0. The molecule has 0 aliphatic carbocycles. The quantitative estimate of drug-likeness (QED) is 0.429. The van der Waals surface area contributed by atoms with Crippen molar-refractivity contribution in [1.29, 1.82) is 0 Å². The van der Waals surface area contributed by atoms with Crippen LogP contribution in [0.4, 0.5) is 0 Å². The third kappa shape index (κ3) is 3.01. The van der Waals surface area contributed by atoms with Crippen molar-refractivity contribution in [2.75, 3.05) is 0 Å². The van der Waals surface area contributed by atoms with E-state index in [-0.39, 0.29) is 0 Å². The summed E-state index contributed by atoms with van der Waals surface area (Å²) in [6.07, 6.45) is 3.98. The molecular formula is C24H18N4. The molecule has 0 unspecified atom stereocenters. The van der Waals surface area contributed by atoms with Gasteiger partial charge in [0.05, 0.1) is 22.8 Å². The van der Waals surface area contributed by atoms with Gasteiger partial charge in [0.15, 0.2) is 0 Å². The summed E-state index contributed by atoms with van der Waals surface area (Å²) in [7, 11) is 0. The predicted molar refractivity (Wildman–Crippen MR) is 112 cm³/mol. The summed E-state index contributed by atoms with van der Waals surface area (Å²) in [6, 6.07) is 32.6. The molecule has 4 heteroatoms. The SMILES string of the molecule is c1ccc(-n2ccc(-c3ccccc3-c3ccn(-c4ccccc4)n3)n2)cc1. The maximum atomic E-state index is 4.78. The fraction of sp³-hybridized carbons (Fsp3) is 0. The van der Waals surface area contributed by atoms with Gasteiger partial charge in [0, 0.05) is 23.5 Å². The van der Waals surface area contributed by atoms with Gasteiger partial charge in [-0.05, 0) is 36.4 Å². The van der Waals surface area contributed by atoms with Crippen LogP contribution in [0.2, 0.25) is 0 Å². The Hall–Kier alpha value is -3.92. The topological polar surface area (TPSA) is 35.6 Å². The zero-order valence-corrected chi connectivity index (χ0v) is 15.2. The molecule has 28 heavy (non-hydrogen) atoms. The monoisotopic (exact) mass is 362 g/mol. The van der Waals surface area contributed by atoms with Gasteiger partial charge in [0.25, 0.3) is 0 Å². The molecule has 0 N–H and O–H groups in total. The minimum Gasteiger partial charge on any atom is -0.240 e. The van der Waals surface area contributed by atoms with Crippen LogP contribution in [0.1, 0.15) is 0 Å². The third-order valence-electron chi connectivity index (χ3n) is 4.70. The molecule has 0 atom stereocenters. The van der Waals surface area contributed by atoms with E-state index in [0.717, 1.165) is 33.9 Å². The van der Waals surface area contributed by atoms with Crippen LogP contribution in [-0.2, 0) is 0 Å². The molecule has 0 spiro atoms. The van der Waals surface area contributed by atoms with E-state index in [4.69, 9.17) is 10.2 Å². The van der Waals surface area contributed by atoms with Crippen molar-refractivity contribution in [3.8, 4) is 33.9 Å². The normalized spacial score (nSPS) is 10.9. The van der Waals surface area contributed by atoms with Crippen LogP contribution in [0.5, 0.6) is 0 Å². The van der Waals surface area contributed by atoms with Crippen molar-refractivity contribution in [2.45, 2.75) is 0 Å². The molecule has 0 bridgehead atoms. The number of hydrogen-bond acceptors (Lipinski definition) is 2. The van der Waals surface area contributed by atoms with Crippen LogP contribution in [0.25, 0.3) is 33.9 Å². The van der Waals surface area contributed by atoms with Crippen LogP contribution < -0.4 is 0 Å². The molecule has 2 heterocycles. The first-order valence-corrected chi connectivity index (χ1v) is 9.20. The third-order valence-corrected chi connectivity index (χ3v) is 4.70. The van der Waals surface area contributed by atoms with Gasteiger partial charge in [-0.2, -0.15) is 10.2 Å². The number of hydrogen-bond donors (Lipinski definition) is 0. The Balaban J connectivity index is 1.54. The van der Waals surface area contributed by atoms with E-state index in [0.29, 0.717) is 0 Å². The number of rotatable bonds is 4. The molecule has 0 saturated heterocycles. The number of aromatic nitrogens is 4. The fourth-order valence-electron chi connectivity index (χ4n) is 3.31. The van der Waals surface area contributed by atoms with Gasteiger partial charge in [-0.3, -0.25) is 0 Å². The molecule has 4 nitrogen and oxygen atoms in total. The highest BCUT2D eigenvalue weighted by molar-refractivity contribution is 5.80. The van der Waals surface area contributed by atoms with Crippen LogP contribution >= 0.6 is 0 Å². The highest BCUT2D eigenvalue weighted by Gasteiger charge is 2.12. The molecule has 0 fully saturated rings. The Kier molecular flexibility index (Phi) is 4.07. The van der Waals surface area contributed by atoms with Crippen LogP contribution in [0.3, 0.4) is 0 Å². The van der Waals surface area contributed by atoms with Gasteiger partial charge in [-0.15, -0.1) is 0 Å². The van der Waals surface area contributed by atoms with E-state index in [9.17, 15) is 0 Å². The zero-order chi connectivity index (χ0) is 18.8. The van der Waals surface area contributed by atoms with Crippen molar-refractivity contribution < 1.29 is 0 Å². The number of nitrogens with zero attached hydrogens (tertiary/aromatic N) is 4. The molecule has 3 aromatic carbocycles. The predicted octanol–water partition coefficient (Wildman–Crippen LogP) is 5.39. The standard InChI is InChI=1S/C24H18N4/c1-3-9-19(10-4-1)27-17-15-23(25-27)21-13-7-8-14-22(21)24-16-18-28(26-24)20-11-5-2-6-12-20/h1-18H. The maximum absolute atomic E-state index is 4.78. The largest absolute Gasteiger partial charge is 0.240 e. The van der Waals surface area contributed by atoms with E-state index in [2.05, 4.69) is 12.1 Å².